The third-order valence-electron chi connectivity index (χ3n) is 6.81. The quantitative estimate of drug-likeness (QED) is 0.485. The Kier molecular flexibility index (Phi) is 5.11. The van der Waals surface area contributed by atoms with Crippen molar-refractivity contribution in [2.75, 3.05) is 26.2 Å². The third kappa shape index (κ3) is 3.60. The molecule has 1 N–H and O–H groups in total. The normalized spacial score (nSPS) is 17.2. The fourth-order valence-corrected chi connectivity index (χ4v) is 7.44. The molecule has 1 aliphatic carbocycles. The van der Waals surface area contributed by atoms with E-state index < -0.39 is 0 Å². The van der Waals surface area contributed by atoms with Crippen molar-refractivity contribution in [1.29, 1.82) is 0 Å². The lowest BCUT2D eigenvalue weighted by Gasteiger charge is -2.34. The Hall–Kier alpha value is -2.56. The Morgan fingerprint density at radius 3 is 2.73 bits per heavy atom. The minimum Gasteiger partial charge on any atom is -0.335 e. The molecule has 0 aromatic carbocycles. The number of fused-ring (bicyclic) bond motifs is 4. The molecule has 5 heterocycles. The maximum Gasteiger partial charge on any atom is 0.264 e. The van der Waals surface area contributed by atoms with E-state index in [1.54, 1.807) is 11.3 Å². The molecule has 0 saturated carbocycles. The summed E-state index contributed by atoms with van der Waals surface area (Å²) in [5.74, 6) is 0.811. The Morgan fingerprint density at radius 1 is 1.15 bits per heavy atom. The number of nitrogens with zero attached hydrogens (tertiary/aromatic N) is 5. The van der Waals surface area contributed by atoms with E-state index >= 15 is 0 Å². The summed E-state index contributed by atoms with van der Waals surface area (Å²) >= 11 is 3.20. The van der Waals surface area contributed by atoms with E-state index in [0.29, 0.717) is 19.6 Å². The number of thiophene rings is 2. The number of aromatic nitrogens is 4. The number of hydrogen-bond donors (Lipinski definition) is 1. The molecular formula is C23H26N6O2S2. The van der Waals surface area contributed by atoms with Crippen molar-refractivity contribution in [3.05, 3.63) is 43.3 Å². The lowest BCUT2D eigenvalue weighted by molar-refractivity contribution is 0.0630. The molecule has 1 aliphatic heterocycles. The molecule has 2 aliphatic rings. The molecule has 1 saturated heterocycles. The molecule has 172 valence electrons. The smallest absolute Gasteiger partial charge is 0.264 e. The number of carbonyl (C=O) groups is 1. The molecule has 1 amide bonds. The van der Waals surface area contributed by atoms with Crippen molar-refractivity contribution in [3.63, 3.8) is 0 Å². The van der Waals surface area contributed by atoms with Crippen LogP contribution < -0.4 is 5.56 Å². The van der Waals surface area contributed by atoms with Gasteiger partial charge in [0.15, 0.2) is 0 Å². The van der Waals surface area contributed by atoms with Gasteiger partial charge < -0.3 is 9.88 Å². The Bertz CT molecular complexity index is 1400. The van der Waals surface area contributed by atoms with Crippen molar-refractivity contribution < 1.29 is 4.79 Å². The van der Waals surface area contributed by atoms with Crippen LogP contribution in [0.2, 0.25) is 0 Å². The average molecular weight is 483 g/mol. The van der Waals surface area contributed by atoms with Gasteiger partial charge in [0.05, 0.1) is 22.5 Å². The van der Waals surface area contributed by atoms with Crippen LogP contribution in [0, 0.1) is 6.92 Å². The number of piperazine rings is 1. The highest BCUT2D eigenvalue weighted by Crippen LogP contribution is 2.33. The minimum atomic E-state index is -0.00208. The minimum absolute atomic E-state index is 0.00208. The summed E-state index contributed by atoms with van der Waals surface area (Å²) in [6.45, 7) is 5.45. The first-order valence-corrected chi connectivity index (χ1v) is 13.1. The van der Waals surface area contributed by atoms with Crippen LogP contribution in [0.3, 0.4) is 0 Å². The predicted octanol–water partition coefficient (Wildman–Crippen LogP) is 3.08. The lowest BCUT2D eigenvalue weighted by Crippen LogP contribution is -2.48. The number of hydrogen-bond acceptors (Lipinski definition) is 7. The van der Waals surface area contributed by atoms with Crippen LogP contribution in [0.5, 0.6) is 0 Å². The number of aryl methyl sites for hydroxylation is 4. The van der Waals surface area contributed by atoms with E-state index in [2.05, 4.69) is 15.0 Å². The monoisotopic (exact) mass is 482 g/mol. The molecule has 33 heavy (non-hydrogen) atoms. The van der Waals surface area contributed by atoms with Crippen LogP contribution in [-0.4, -0.2) is 61.6 Å². The number of rotatable bonds is 3. The first-order chi connectivity index (χ1) is 16.0. The topological polar surface area (TPSA) is 87.1 Å². The second-order valence-electron chi connectivity index (χ2n) is 9.01. The molecular weight excluding hydrogens is 456 g/mol. The first-order valence-electron chi connectivity index (χ1n) is 11.5. The molecule has 0 bridgehead atoms. The molecule has 4 aromatic rings. The van der Waals surface area contributed by atoms with Crippen molar-refractivity contribution in [2.24, 2.45) is 7.05 Å². The van der Waals surface area contributed by atoms with E-state index in [0.717, 1.165) is 69.2 Å². The molecule has 4 aromatic heterocycles. The van der Waals surface area contributed by atoms with Gasteiger partial charge in [-0.1, -0.05) is 0 Å². The van der Waals surface area contributed by atoms with E-state index in [9.17, 15) is 9.59 Å². The number of aromatic amines is 1. The fourth-order valence-electron chi connectivity index (χ4n) is 5.07. The van der Waals surface area contributed by atoms with Gasteiger partial charge in [0.2, 0.25) is 0 Å². The number of carbonyl (C=O) groups excluding carboxylic acids is 1. The summed E-state index contributed by atoms with van der Waals surface area (Å²) in [4.78, 5) is 41.9. The van der Waals surface area contributed by atoms with Crippen LogP contribution in [0.15, 0.2) is 10.9 Å². The van der Waals surface area contributed by atoms with Gasteiger partial charge in [0.1, 0.15) is 15.5 Å². The van der Waals surface area contributed by atoms with Gasteiger partial charge in [-0.05, 0) is 44.2 Å². The van der Waals surface area contributed by atoms with Gasteiger partial charge in [-0.25, -0.2) is 4.98 Å². The Labute approximate surface area is 198 Å². The Balaban J connectivity index is 1.14. The van der Waals surface area contributed by atoms with Crippen LogP contribution in [0.4, 0.5) is 0 Å². The Morgan fingerprint density at radius 2 is 1.94 bits per heavy atom. The second-order valence-corrected chi connectivity index (χ2v) is 11.1. The summed E-state index contributed by atoms with van der Waals surface area (Å²) in [5, 5.41) is 6.29. The summed E-state index contributed by atoms with van der Waals surface area (Å²) in [7, 11) is 1.92. The number of amides is 1. The van der Waals surface area contributed by atoms with Gasteiger partial charge in [0.25, 0.3) is 11.5 Å². The molecule has 0 radical (unpaired) electrons. The number of H-pyrrole nitrogens is 1. The molecule has 1 fully saturated rings. The van der Waals surface area contributed by atoms with Crippen molar-refractivity contribution >= 4 is 49.0 Å². The van der Waals surface area contributed by atoms with Gasteiger partial charge >= 0.3 is 0 Å². The largest absolute Gasteiger partial charge is 0.335 e. The highest BCUT2D eigenvalue weighted by molar-refractivity contribution is 7.20. The summed E-state index contributed by atoms with van der Waals surface area (Å²) in [5.41, 5.74) is 2.18. The third-order valence-corrected chi connectivity index (χ3v) is 9.19. The second kappa shape index (κ2) is 8.03. The predicted molar refractivity (Wildman–Crippen MR) is 131 cm³/mol. The van der Waals surface area contributed by atoms with Crippen LogP contribution in [0.25, 0.3) is 20.4 Å². The standard InChI is InChI=1S/C23H26N6O2S2/c1-13-15-11-17(33-23(15)27(2)26-13)22(31)29-9-7-28(8-10-29)12-18-24-20(30)19-14-5-3-4-6-16(14)32-21(19)25-18/h11H,3-10,12H2,1-2H3,(H,24,25,30). The molecule has 0 spiro atoms. The molecule has 10 heteroatoms. The van der Waals surface area contributed by atoms with Gasteiger partial charge in [-0.15, -0.1) is 22.7 Å². The maximum atomic E-state index is 13.1. The summed E-state index contributed by atoms with van der Waals surface area (Å²) in [6.07, 6.45) is 4.41. The van der Waals surface area contributed by atoms with Crippen molar-refractivity contribution in [1.82, 2.24) is 29.5 Å². The van der Waals surface area contributed by atoms with Gasteiger partial charge in [-0.3, -0.25) is 19.2 Å². The summed E-state index contributed by atoms with van der Waals surface area (Å²) < 4.78 is 1.85. The zero-order chi connectivity index (χ0) is 22.7. The van der Waals surface area contributed by atoms with E-state index in [1.807, 2.05) is 29.6 Å². The highest BCUT2D eigenvalue weighted by atomic mass is 32.1. The fraction of sp³-hybridized carbons (Fsp3) is 0.478. The SMILES string of the molecule is Cc1nn(C)c2sc(C(=O)N3CCN(Cc4nc5sc6c(c5c(=O)[nH]4)CCCC6)CC3)cc12. The van der Waals surface area contributed by atoms with Crippen LogP contribution in [-0.2, 0) is 26.4 Å². The zero-order valence-corrected chi connectivity index (χ0v) is 20.4. The van der Waals surface area contributed by atoms with Gasteiger partial charge in [-0.2, -0.15) is 5.10 Å². The van der Waals surface area contributed by atoms with E-state index in [4.69, 9.17) is 4.98 Å². The molecule has 0 unspecified atom stereocenters. The van der Waals surface area contributed by atoms with Crippen molar-refractivity contribution in [2.45, 2.75) is 39.2 Å². The highest BCUT2D eigenvalue weighted by Gasteiger charge is 2.26. The van der Waals surface area contributed by atoms with E-state index in [-0.39, 0.29) is 11.5 Å². The van der Waals surface area contributed by atoms with E-state index in [1.165, 1.54) is 28.2 Å². The average Bonchev–Trinajstić information content (AvgIpc) is 3.47. The first kappa shape index (κ1) is 21.0. The number of nitrogens with one attached hydrogen (secondary N) is 1. The molecule has 8 nitrogen and oxygen atoms in total. The molecule has 6 rings (SSSR count). The van der Waals surface area contributed by atoms with Gasteiger partial charge in [0, 0.05) is 43.5 Å². The lowest BCUT2D eigenvalue weighted by atomic mass is 9.97. The molecule has 0 atom stereocenters. The van der Waals surface area contributed by atoms with Crippen LogP contribution >= 0.6 is 22.7 Å². The van der Waals surface area contributed by atoms with Crippen molar-refractivity contribution in [3.8, 4) is 0 Å². The summed E-state index contributed by atoms with van der Waals surface area (Å²) in [6, 6.07) is 1.97. The zero-order valence-electron chi connectivity index (χ0n) is 18.8. The van der Waals surface area contributed by atoms with Crippen LogP contribution in [0.1, 0.15) is 44.5 Å². The maximum absolute atomic E-state index is 13.1.